The molecular weight excluding hydrogens is 424 g/mol. The van der Waals surface area contributed by atoms with Crippen LogP contribution in [0.4, 0.5) is 0 Å². The predicted molar refractivity (Wildman–Crippen MR) is 117 cm³/mol. The van der Waals surface area contributed by atoms with Crippen molar-refractivity contribution < 1.29 is 21.6 Å². The van der Waals surface area contributed by atoms with E-state index in [0.29, 0.717) is 18.4 Å². The lowest BCUT2D eigenvalue weighted by Crippen LogP contribution is -2.45. The van der Waals surface area contributed by atoms with Gasteiger partial charge in [-0.05, 0) is 49.1 Å². The fourth-order valence-corrected chi connectivity index (χ4v) is 8.30. The zero-order chi connectivity index (χ0) is 22.4. The Morgan fingerprint density at radius 1 is 1.03 bits per heavy atom. The first-order valence-electron chi connectivity index (χ1n) is 10.3. The van der Waals surface area contributed by atoms with Crippen LogP contribution >= 0.6 is 0 Å². The maximum absolute atomic E-state index is 12.8. The van der Waals surface area contributed by atoms with Gasteiger partial charge in [0.25, 0.3) is 0 Å². The number of fused-ring (bicyclic) bond motifs is 2. The zero-order valence-electron chi connectivity index (χ0n) is 18.1. The fraction of sp³-hybridized carbons (Fsp3) is 0.667. The molecule has 1 aromatic carbocycles. The van der Waals surface area contributed by atoms with Crippen LogP contribution in [0.5, 0.6) is 0 Å². The molecule has 0 amide bonds. The van der Waals surface area contributed by atoms with E-state index >= 15 is 0 Å². The molecule has 2 aliphatic carbocycles. The van der Waals surface area contributed by atoms with E-state index in [0.717, 1.165) is 12.0 Å². The molecule has 3 rings (SSSR count). The van der Waals surface area contributed by atoms with Crippen molar-refractivity contribution in [3.05, 3.63) is 35.4 Å². The molecule has 2 aliphatic rings. The molecule has 168 valence electrons. The van der Waals surface area contributed by atoms with Crippen LogP contribution in [0.2, 0.25) is 0 Å². The van der Waals surface area contributed by atoms with Gasteiger partial charge in [0.2, 0.25) is 20.0 Å². The summed E-state index contributed by atoms with van der Waals surface area (Å²) in [6.45, 7) is 7.67. The Bertz CT molecular complexity index is 1010. The van der Waals surface area contributed by atoms with E-state index in [4.69, 9.17) is 0 Å². The molecule has 2 atom stereocenters. The third-order valence-corrected chi connectivity index (χ3v) is 9.87. The van der Waals surface area contributed by atoms with Crippen molar-refractivity contribution in [3.63, 3.8) is 0 Å². The standard InChI is InChI=1S/C21H32N2O5S2/c1-15(2)23-29(25,26)13-17-7-5-16(6-8-17)12-22-30(27,28)14-21-10-9-18(11-19(21)24)20(21,3)4/h5-8,15,18,22-23H,9-14H2,1-4H3. The quantitative estimate of drug-likeness (QED) is 0.593. The number of ketones is 1. The number of carbonyl (C=O) groups excluding carboxylic acids is 1. The van der Waals surface area contributed by atoms with Crippen LogP contribution in [-0.2, 0) is 37.1 Å². The third kappa shape index (κ3) is 4.64. The number of Topliss-reactive ketones (excluding diaryl/α,β-unsaturated/α-hetero) is 1. The predicted octanol–water partition coefficient (Wildman–Crippen LogP) is 2.33. The second-order valence-corrected chi connectivity index (χ2v) is 13.2. The second-order valence-electron chi connectivity index (χ2n) is 9.60. The molecule has 0 saturated heterocycles. The van der Waals surface area contributed by atoms with Crippen molar-refractivity contribution >= 4 is 25.8 Å². The maximum Gasteiger partial charge on any atom is 0.216 e. The van der Waals surface area contributed by atoms with Crippen LogP contribution in [0.25, 0.3) is 0 Å². The molecule has 0 aliphatic heterocycles. The van der Waals surface area contributed by atoms with Gasteiger partial charge in [-0.1, -0.05) is 38.1 Å². The topological polar surface area (TPSA) is 109 Å². The fourth-order valence-electron chi connectivity index (χ4n) is 5.05. The van der Waals surface area contributed by atoms with Gasteiger partial charge in [0.1, 0.15) is 5.78 Å². The highest BCUT2D eigenvalue weighted by Crippen LogP contribution is 2.64. The number of benzene rings is 1. The van der Waals surface area contributed by atoms with Crippen molar-refractivity contribution in [1.82, 2.24) is 9.44 Å². The van der Waals surface area contributed by atoms with Gasteiger partial charge < -0.3 is 0 Å². The molecule has 7 nitrogen and oxygen atoms in total. The molecular formula is C21H32N2O5S2. The highest BCUT2D eigenvalue weighted by atomic mass is 32.2. The second kappa shape index (κ2) is 8.00. The monoisotopic (exact) mass is 456 g/mol. The molecule has 2 bridgehead atoms. The molecule has 2 fully saturated rings. The Balaban J connectivity index is 1.62. The first kappa shape index (κ1) is 23.4. The summed E-state index contributed by atoms with van der Waals surface area (Å²) in [5.74, 6) is 0.0568. The van der Waals surface area contributed by atoms with Crippen molar-refractivity contribution in [3.8, 4) is 0 Å². The number of hydrogen-bond acceptors (Lipinski definition) is 5. The molecule has 0 heterocycles. The molecule has 2 unspecified atom stereocenters. The first-order valence-corrected chi connectivity index (χ1v) is 13.7. The minimum Gasteiger partial charge on any atom is -0.299 e. The van der Waals surface area contributed by atoms with Gasteiger partial charge in [-0.25, -0.2) is 26.3 Å². The highest BCUT2D eigenvalue weighted by molar-refractivity contribution is 7.89. The Morgan fingerprint density at radius 2 is 1.63 bits per heavy atom. The van der Waals surface area contributed by atoms with Crippen LogP contribution < -0.4 is 9.44 Å². The van der Waals surface area contributed by atoms with Gasteiger partial charge in [-0.3, -0.25) is 4.79 Å². The minimum absolute atomic E-state index is 0.0784. The van der Waals surface area contributed by atoms with Crippen molar-refractivity contribution in [1.29, 1.82) is 0 Å². The van der Waals surface area contributed by atoms with Crippen molar-refractivity contribution in [2.24, 2.45) is 16.7 Å². The van der Waals surface area contributed by atoms with Crippen molar-refractivity contribution in [2.75, 3.05) is 5.75 Å². The van der Waals surface area contributed by atoms with Gasteiger partial charge in [-0.15, -0.1) is 0 Å². The van der Waals surface area contributed by atoms with Gasteiger partial charge in [0.05, 0.1) is 11.5 Å². The number of carbonyl (C=O) groups is 1. The van der Waals surface area contributed by atoms with E-state index in [-0.39, 0.29) is 41.2 Å². The summed E-state index contributed by atoms with van der Waals surface area (Å²) < 4.78 is 54.8. The van der Waals surface area contributed by atoms with Crippen molar-refractivity contribution in [2.45, 2.75) is 65.3 Å². The summed E-state index contributed by atoms with van der Waals surface area (Å²) in [5, 5.41) is 0. The lowest BCUT2D eigenvalue weighted by molar-refractivity contribution is -0.128. The van der Waals surface area contributed by atoms with E-state index in [2.05, 4.69) is 9.44 Å². The van der Waals surface area contributed by atoms with E-state index < -0.39 is 25.5 Å². The van der Waals surface area contributed by atoms with Crippen LogP contribution in [0.15, 0.2) is 24.3 Å². The molecule has 0 aromatic heterocycles. The number of hydrogen-bond donors (Lipinski definition) is 2. The lowest BCUT2D eigenvalue weighted by atomic mass is 9.70. The Labute approximate surface area is 180 Å². The van der Waals surface area contributed by atoms with Crippen LogP contribution in [0.1, 0.15) is 58.1 Å². The minimum atomic E-state index is -3.64. The summed E-state index contributed by atoms with van der Waals surface area (Å²) in [6.07, 6.45) is 2.03. The molecule has 9 heteroatoms. The highest BCUT2D eigenvalue weighted by Gasteiger charge is 2.65. The molecule has 0 radical (unpaired) electrons. The number of nitrogens with one attached hydrogen (secondary N) is 2. The smallest absolute Gasteiger partial charge is 0.216 e. The molecule has 0 spiro atoms. The molecule has 30 heavy (non-hydrogen) atoms. The SMILES string of the molecule is CC(C)NS(=O)(=O)Cc1ccc(CNS(=O)(=O)CC23CCC(CC2=O)C3(C)C)cc1. The van der Waals surface area contributed by atoms with Crippen LogP contribution in [-0.4, -0.2) is 34.4 Å². The van der Waals surface area contributed by atoms with Gasteiger partial charge >= 0.3 is 0 Å². The van der Waals surface area contributed by atoms with E-state index in [1.165, 1.54) is 0 Å². The van der Waals surface area contributed by atoms with Gasteiger partial charge in [0, 0.05) is 24.4 Å². The Kier molecular flexibility index (Phi) is 6.23. The lowest BCUT2D eigenvalue weighted by Gasteiger charge is -2.36. The van der Waals surface area contributed by atoms with Crippen LogP contribution in [0, 0.1) is 16.7 Å². The van der Waals surface area contributed by atoms with E-state index in [1.807, 2.05) is 13.8 Å². The Hall–Kier alpha value is -1.29. The summed E-state index contributed by atoms with van der Waals surface area (Å²) >= 11 is 0. The largest absolute Gasteiger partial charge is 0.299 e. The van der Waals surface area contributed by atoms with Crippen LogP contribution in [0.3, 0.4) is 0 Å². The van der Waals surface area contributed by atoms with Gasteiger partial charge in [-0.2, -0.15) is 0 Å². The third-order valence-electron chi connectivity index (χ3n) is 6.87. The van der Waals surface area contributed by atoms with Gasteiger partial charge in [0.15, 0.2) is 0 Å². The normalized spacial score (nSPS) is 25.9. The Morgan fingerprint density at radius 3 is 2.13 bits per heavy atom. The maximum atomic E-state index is 12.8. The average molecular weight is 457 g/mol. The summed E-state index contributed by atoms with van der Waals surface area (Å²) in [5.41, 5.74) is 0.278. The first-order chi connectivity index (χ1) is 13.8. The molecule has 2 N–H and O–H groups in total. The average Bonchev–Trinajstić information content (AvgIpc) is 2.93. The molecule has 2 saturated carbocycles. The zero-order valence-corrected chi connectivity index (χ0v) is 19.7. The van der Waals surface area contributed by atoms with E-state index in [9.17, 15) is 21.6 Å². The number of sulfonamides is 2. The van der Waals surface area contributed by atoms with E-state index in [1.54, 1.807) is 38.1 Å². The summed E-state index contributed by atoms with van der Waals surface area (Å²) in [4.78, 5) is 12.6. The summed E-state index contributed by atoms with van der Waals surface area (Å²) in [6, 6.07) is 6.64. The molecule has 1 aromatic rings. The number of rotatable bonds is 9. The summed E-state index contributed by atoms with van der Waals surface area (Å²) in [7, 11) is -7.05.